The van der Waals surface area contributed by atoms with Gasteiger partial charge >= 0.3 is 16.5 Å². The van der Waals surface area contributed by atoms with E-state index in [1.165, 1.54) is 11.1 Å². The third kappa shape index (κ3) is 4.00. The van der Waals surface area contributed by atoms with Gasteiger partial charge in [0, 0.05) is 23.0 Å². The monoisotopic (exact) mass is 492 g/mol. The molecule has 0 N–H and O–H groups in total. The largest absolute Gasteiger partial charge is 2.00 e. The zero-order chi connectivity index (χ0) is 22.1. The summed E-state index contributed by atoms with van der Waals surface area (Å²) in [5.74, 6) is 0. The van der Waals surface area contributed by atoms with E-state index in [2.05, 4.69) is 61.3 Å². The molecule has 0 bridgehead atoms. The second-order valence-corrected chi connectivity index (χ2v) is 8.99. The van der Waals surface area contributed by atoms with E-state index in [-0.39, 0.29) is 21.9 Å². The van der Waals surface area contributed by atoms with Crippen LogP contribution in [-0.2, 0) is 34.5 Å². The van der Waals surface area contributed by atoms with Crippen molar-refractivity contribution in [3.05, 3.63) is 90.1 Å². The molecule has 2 heterocycles. The summed E-state index contributed by atoms with van der Waals surface area (Å²) in [6.07, 6.45) is 6.29. The number of hydrogen-bond donors (Lipinski definition) is 0. The Kier molecular flexibility index (Phi) is 6.97. The predicted molar refractivity (Wildman–Crippen MR) is 133 cm³/mol. The maximum atomic E-state index is 5.81. The molecule has 2 nitrogen and oxygen atoms in total. The normalized spacial score (nSPS) is 13.2. The molecule has 0 fully saturated rings. The molecule has 0 saturated heterocycles. The second kappa shape index (κ2) is 9.75. The van der Waals surface area contributed by atoms with Crippen LogP contribution in [0.3, 0.4) is 0 Å². The zero-order valence-corrected chi connectivity index (χ0v) is 20.7. The minimum Gasteiger partial charge on any atom is -0.779 e. The Hall–Kier alpha value is -2.55. The van der Waals surface area contributed by atoms with E-state index in [0.29, 0.717) is 0 Å². The smallest absolute Gasteiger partial charge is 0.779 e. The average molecular weight is 493 g/mol. The number of nitrogens with zero attached hydrogens (tertiary/aromatic N) is 2. The Labute approximate surface area is 212 Å². The molecule has 0 unspecified atom stereocenters. The van der Waals surface area contributed by atoms with Crippen LogP contribution < -0.4 is 0 Å². The maximum absolute atomic E-state index is 5.81. The predicted octanol–water partition coefficient (Wildman–Crippen LogP) is 7.38. The van der Waals surface area contributed by atoms with Crippen LogP contribution in [0.4, 0.5) is 0 Å². The fourth-order valence-electron chi connectivity index (χ4n) is 5.31. The molecule has 2 aromatic heterocycles. The van der Waals surface area contributed by atoms with Crippen molar-refractivity contribution in [2.75, 3.05) is 0 Å². The van der Waals surface area contributed by atoms with E-state index in [0.717, 1.165) is 64.4 Å². The van der Waals surface area contributed by atoms with Crippen molar-refractivity contribution >= 4 is 12.6 Å². The topological polar surface area (TPSA) is 25.8 Å². The SMILES string of the molecule is CCCC1(CCC)c2ccc(-c3[c-]c(-c4ccccn4)ccc3)nc2-c2c([S-])cccc21.[Ni+2]. The van der Waals surface area contributed by atoms with E-state index in [1.54, 1.807) is 0 Å². The molecule has 4 heteroatoms. The van der Waals surface area contributed by atoms with Gasteiger partial charge in [0.15, 0.2) is 0 Å². The van der Waals surface area contributed by atoms with Gasteiger partial charge in [-0.1, -0.05) is 80.3 Å². The van der Waals surface area contributed by atoms with Crippen LogP contribution in [0.5, 0.6) is 0 Å². The van der Waals surface area contributed by atoms with Crippen LogP contribution in [0.2, 0.25) is 0 Å². The first-order valence-electron chi connectivity index (χ1n) is 11.4. The Bertz CT molecular complexity index is 1260. The van der Waals surface area contributed by atoms with Gasteiger partial charge in [0.2, 0.25) is 0 Å². The number of pyridine rings is 2. The van der Waals surface area contributed by atoms with Crippen LogP contribution in [0.25, 0.3) is 33.8 Å². The first-order valence-corrected chi connectivity index (χ1v) is 11.9. The van der Waals surface area contributed by atoms with Gasteiger partial charge in [0.25, 0.3) is 0 Å². The Balaban J connectivity index is 0.00000259. The van der Waals surface area contributed by atoms with E-state index in [1.807, 2.05) is 36.5 Å². The van der Waals surface area contributed by atoms with Crippen molar-refractivity contribution in [2.24, 2.45) is 0 Å². The molecule has 0 atom stereocenters. The number of fused-ring (bicyclic) bond motifs is 3. The maximum Gasteiger partial charge on any atom is 2.00 e. The fourth-order valence-corrected chi connectivity index (χ4v) is 5.60. The molecule has 0 amide bonds. The van der Waals surface area contributed by atoms with Crippen molar-refractivity contribution in [1.82, 2.24) is 9.97 Å². The summed E-state index contributed by atoms with van der Waals surface area (Å²) >= 11 is 5.81. The van der Waals surface area contributed by atoms with E-state index < -0.39 is 0 Å². The third-order valence-corrected chi connectivity index (χ3v) is 6.90. The van der Waals surface area contributed by atoms with Crippen LogP contribution in [-0.4, -0.2) is 9.97 Å². The second-order valence-electron chi connectivity index (χ2n) is 8.55. The Morgan fingerprint density at radius 3 is 2.21 bits per heavy atom. The van der Waals surface area contributed by atoms with Crippen LogP contribution in [0.15, 0.2) is 77.8 Å². The quantitative estimate of drug-likeness (QED) is 0.159. The molecule has 4 aromatic rings. The van der Waals surface area contributed by atoms with Gasteiger partial charge in [0.05, 0.1) is 5.69 Å². The van der Waals surface area contributed by atoms with E-state index in [9.17, 15) is 0 Å². The van der Waals surface area contributed by atoms with Crippen molar-refractivity contribution in [2.45, 2.75) is 49.8 Å². The summed E-state index contributed by atoms with van der Waals surface area (Å²) in [6.45, 7) is 4.54. The van der Waals surface area contributed by atoms with E-state index >= 15 is 0 Å². The number of rotatable bonds is 6. The molecule has 0 aliphatic heterocycles. The average Bonchev–Trinajstić information content (AvgIpc) is 3.10. The van der Waals surface area contributed by atoms with E-state index in [4.69, 9.17) is 17.6 Å². The molecular weight excluding hydrogens is 467 g/mol. The molecule has 33 heavy (non-hydrogen) atoms. The number of hydrogen-bond acceptors (Lipinski definition) is 3. The first kappa shape index (κ1) is 23.6. The first-order chi connectivity index (χ1) is 15.7. The molecule has 0 radical (unpaired) electrons. The van der Waals surface area contributed by atoms with Crippen molar-refractivity contribution in [3.63, 3.8) is 0 Å². The molecule has 168 valence electrons. The molecule has 1 aliphatic carbocycles. The minimum atomic E-state index is 0. The summed E-state index contributed by atoms with van der Waals surface area (Å²) in [7, 11) is 0. The summed E-state index contributed by atoms with van der Waals surface area (Å²) in [6, 6.07) is 26.5. The van der Waals surface area contributed by atoms with Gasteiger partial charge in [-0.25, -0.2) is 0 Å². The number of aromatic nitrogens is 2. The molecule has 2 aromatic carbocycles. The van der Waals surface area contributed by atoms with Gasteiger partial charge < -0.3 is 12.6 Å². The molecule has 0 saturated carbocycles. The molecular formula is C29H26N2NiS. The van der Waals surface area contributed by atoms with Crippen molar-refractivity contribution in [3.8, 4) is 33.8 Å². The summed E-state index contributed by atoms with van der Waals surface area (Å²) in [4.78, 5) is 10.6. The van der Waals surface area contributed by atoms with Gasteiger partial charge in [-0.3, -0.25) is 9.97 Å². The zero-order valence-electron chi connectivity index (χ0n) is 18.9. The van der Waals surface area contributed by atoms with Crippen molar-refractivity contribution < 1.29 is 16.5 Å². The van der Waals surface area contributed by atoms with Gasteiger partial charge in [-0.2, -0.15) is 4.90 Å². The van der Waals surface area contributed by atoms with Crippen molar-refractivity contribution in [1.29, 1.82) is 0 Å². The van der Waals surface area contributed by atoms with Crippen LogP contribution in [0.1, 0.15) is 50.7 Å². The molecule has 1 aliphatic rings. The summed E-state index contributed by atoms with van der Waals surface area (Å²) < 4.78 is 0. The molecule has 5 rings (SSSR count). The Morgan fingerprint density at radius 2 is 1.52 bits per heavy atom. The van der Waals surface area contributed by atoms with Gasteiger partial charge in [0.1, 0.15) is 0 Å². The van der Waals surface area contributed by atoms with Crippen LogP contribution in [0, 0.1) is 6.07 Å². The summed E-state index contributed by atoms with van der Waals surface area (Å²) in [5.41, 5.74) is 8.70. The minimum absolute atomic E-state index is 0. The summed E-state index contributed by atoms with van der Waals surface area (Å²) in [5, 5.41) is 0. The Morgan fingerprint density at radius 1 is 0.788 bits per heavy atom. The molecule has 0 spiro atoms. The standard InChI is InChI=1S/C29H27N2S.Ni/c1-3-16-29(17-4-2)22-11-8-13-26(32)27(22)28-23(29)14-15-25(31-28)21-10-7-9-20(19-21)24-12-5-6-18-30-24;/h5-15,18,32H,3-4,16-17H2,1-2H3;/q-1;+2/p-1. The van der Waals surface area contributed by atoms with Gasteiger partial charge in [-0.05, 0) is 35.6 Å². The third-order valence-electron chi connectivity index (χ3n) is 6.55. The fraction of sp³-hybridized carbons (Fsp3) is 0.241. The van der Waals surface area contributed by atoms with Gasteiger partial charge in [-0.15, -0.1) is 24.3 Å². The number of benzene rings is 2. The van der Waals surface area contributed by atoms with Crippen LogP contribution >= 0.6 is 0 Å².